The first-order chi connectivity index (χ1) is 20.9. The fourth-order valence-corrected chi connectivity index (χ4v) is 15.9. The highest BCUT2D eigenvalue weighted by Crippen LogP contribution is 2.56. The smallest absolute Gasteiger partial charge is 0.261 e. The van der Waals surface area contributed by atoms with Gasteiger partial charge in [-0.2, -0.15) is 0 Å². The topological polar surface area (TPSA) is 9.23 Å². The van der Waals surface area contributed by atoms with Crippen molar-refractivity contribution in [3.63, 3.8) is 0 Å². The fraction of sp³-hybridized carbons (Fsp3) is 0.250. The average Bonchev–Trinajstić information content (AvgIpc) is 3.05. The quantitative estimate of drug-likeness (QED) is 0.0797. The summed E-state index contributed by atoms with van der Waals surface area (Å²) < 4.78 is 7.41. The Balaban J connectivity index is 1.41. The summed E-state index contributed by atoms with van der Waals surface area (Å²) in [4.78, 5) is 0. The zero-order chi connectivity index (χ0) is 30.2. The van der Waals surface area contributed by atoms with Crippen LogP contribution in [0.25, 0.3) is 0 Å². The van der Waals surface area contributed by atoms with E-state index in [4.69, 9.17) is 4.43 Å². The third-order valence-corrected chi connectivity index (χ3v) is 18.4. The lowest BCUT2D eigenvalue weighted by molar-refractivity contribution is 0.193. The van der Waals surface area contributed by atoms with E-state index in [1.807, 2.05) is 0 Å². The third kappa shape index (κ3) is 6.63. The third-order valence-electron chi connectivity index (χ3n) is 8.74. The van der Waals surface area contributed by atoms with Gasteiger partial charge in [-0.25, -0.2) is 0 Å². The van der Waals surface area contributed by atoms with Crippen molar-refractivity contribution in [2.24, 2.45) is 0 Å². The van der Waals surface area contributed by atoms with E-state index >= 15 is 0 Å². The summed E-state index contributed by atoms with van der Waals surface area (Å²) in [5.74, 6) is 0. The van der Waals surface area contributed by atoms with Crippen LogP contribution in [0, 0.1) is 0 Å². The summed E-state index contributed by atoms with van der Waals surface area (Å²) >= 11 is 0. The minimum absolute atomic E-state index is 0.0153. The van der Waals surface area contributed by atoms with E-state index in [9.17, 15) is 0 Å². The molecule has 0 saturated heterocycles. The molecule has 0 saturated carbocycles. The Kier molecular flexibility index (Phi) is 10.1. The minimum atomic E-state index is -2.56. The molecular weight excluding hydrogens is 555 g/mol. The first-order valence-corrected chi connectivity index (χ1v) is 19.6. The summed E-state index contributed by atoms with van der Waals surface area (Å²) in [6.45, 7) is 9.40. The van der Waals surface area contributed by atoms with Crippen molar-refractivity contribution in [3.05, 3.63) is 152 Å². The van der Waals surface area contributed by atoms with Gasteiger partial charge >= 0.3 is 0 Å². The lowest BCUT2D eigenvalue weighted by Gasteiger charge is -2.44. The van der Waals surface area contributed by atoms with Crippen LogP contribution in [0.3, 0.4) is 0 Å². The molecule has 220 valence electrons. The zero-order valence-electron chi connectivity index (χ0n) is 26.2. The number of rotatable bonds is 12. The predicted octanol–water partition coefficient (Wildman–Crippen LogP) is 8.12. The number of hydrogen-bond donors (Lipinski definition) is 0. The molecule has 0 aliphatic heterocycles. The Morgan fingerprint density at radius 1 is 0.535 bits per heavy atom. The normalized spacial score (nSPS) is 13.0. The Morgan fingerprint density at radius 3 is 1.23 bits per heavy atom. The molecule has 0 N–H and O–H groups in total. The van der Waals surface area contributed by atoms with Crippen LogP contribution in [-0.4, -0.2) is 20.6 Å². The van der Waals surface area contributed by atoms with E-state index in [0.717, 1.165) is 25.4 Å². The molecule has 0 fully saturated rings. The lowest BCUT2D eigenvalue weighted by Crippen LogP contribution is -2.67. The Morgan fingerprint density at radius 2 is 0.884 bits per heavy atom. The van der Waals surface area contributed by atoms with Crippen LogP contribution in [0.2, 0.25) is 5.04 Å². The van der Waals surface area contributed by atoms with Crippen LogP contribution >= 0.6 is 7.26 Å². The first-order valence-electron chi connectivity index (χ1n) is 15.7. The minimum Gasteiger partial charge on any atom is -0.405 e. The zero-order valence-corrected chi connectivity index (χ0v) is 28.1. The molecule has 0 aliphatic rings. The van der Waals surface area contributed by atoms with Gasteiger partial charge in [-0.3, -0.25) is 0 Å². The molecule has 0 spiro atoms. The van der Waals surface area contributed by atoms with Crippen LogP contribution in [-0.2, 0) is 4.43 Å². The van der Waals surface area contributed by atoms with Gasteiger partial charge in [0.15, 0.2) is 0 Å². The van der Waals surface area contributed by atoms with Crippen molar-refractivity contribution < 1.29 is 4.43 Å². The van der Waals surface area contributed by atoms with Gasteiger partial charge in [-0.1, -0.05) is 136 Å². The SMILES string of the molecule is C[C@H](CCCC[P+](c1ccccc1)(c1ccccc1)c1ccccc1)O[Si](c1ccccc1)(c1ccccc1)C(C)(C)C. The standard InChI is InChI=1S/C40H46OPSi/c1-34(41-43(40(2,3)4,38-29-16-8-17-30-38)39-31-18-9-19-32-39)22-20-21-33-42(35-23-10-5-11-24-35,36-25-12-6-13-26-36)37-27-14-7-15-28-37/h5-19,23-32,34H,20-22,33H2,1-4H3/q+1/t34-/m1/s1. The van der Waals surface area contributed by atoms with Gasteiger partial charge < -0.3 is 4.43 Å². The van der Waals surface area contributed by atoms with Crippen LogP contribution in [0.1, 0.15) is 47.0 Å². The molecular formula is C40H46OPSi+. The van der Waals surface area contributed by atoms with Gasteiger partial charge in [0.25, 0.3) is 8.32 Å². The van der Waals surface area contributed by atoms with Crippen molar-refractivity contribution in [1.29, 1.82) is 0 Å². The molecule has 0 radical (unpaired) electrons. The largest absolute Gasteiger partial charge is 0.405 e. The van der Waals surface area contributed by atoms with Crippen molar-refractivity contribution in [2.45, 2.75) is 58.1 Å². The van der Waals surface area contributed by atoms with Crippen LogP contribution < -0.4 is 26.3 Å². The van der Waals surface area contributed by atoms with Gasteiger partial charge in [0, 0.05) is 6.10 Å². The monoisotopic (exact) mass is 601 g/mol. The maximum Gasteiger partial charge on any atom is 0.261 e. The van der Waals surface area contributed by atoms with Crippen molar-refractivity contribution in [2.75, 3.05) is 6.16 Å². The van der Waals surface area contributed by atoms with Gasteiger partial charge in [0.05, 0.1) is 6.16 Å². The predicted molar refractivity (Wildman–Crippen MR) is 192 cm³/mol. The van der Waals surface area contributed by atoms with Crippen molar-refractivity contribution in [1.82, 2.24) is 0 Å². The van der Waals surface area contributed by atoms with Gasteiger partial charge in [0.2, 0.25) is 0 Å². The maximum absolute atomic E-state index is 7.41. The van der Waals surface area contributed by atoms with Gasteiger partial charge in [-0.05, 0) is 78.0 Å². The van der Waals surface area contributed by atoms with E-state index in [2.05, 4.69) is 179 Å². The average molecular weight is 602 g/mol. The summed E-state index contributed by atoms with van der Waals surface area (Å²) in [7, 11) is -4.37. The Labute approximate surface area is 261 Å². The highest BCUT2D eigenvalue weighted by Gasteiger charge is 2.51. The molecule has 5 aromatic rings. The number of benzene rings is 5. The molecule has 43 heavy (non-hydrogen) atoms. The van der Waals surface area contributed by atoms with Gasteiger partial charge in [0.1, 0.15) is 23.2 Å². The first kappa shape index (κ1) is 31.1. The van der Waals surface area contributed by atoms with Crippen LogP contribution in [0.15, 0.2) is 152 Å². The number of unbranched alkanes of at least 4 members (excludes halogenated alkanes) is 1. The fourth-order valence-electron chi connectivity index (χ4n) is 6.71. The van der Waals surface area contributed by atoms with E-state index in [0.29, 0.717) is 0 Å². The molecule has 3 heteroatoms. The molecule has 1 nitrogen and oxygen atoms in total. The molecule has 0 aromatic heterocycles. The lowest BCUT2D eigenvalue weighted by atomic mass is 10.2. The van der Waals surface area contributed by atoms with Crippen LogP contribution in [0.4, 0.5) is 0 Å². The van der Waals surface area contributed by atoms with Crippen LogP contribution in [0.5, 0.6) is 0 Å². The summed E-state index contributed by atoms with van der Waals surface area (Å²) in [5.41, 5.74) is 0. The molecule has 1 atom stereocenters. The van der Waals surface area contributed by atoms with Crippen molar-refractivity contribution in [3.8, 4) is 0 Å². The molecule has 0 heterocycles. The van der Waals surface area contributed by atoms with E-state index < -0.39 is 15.6 Å². The molecule has 0 bridgehead atoms. The summed E-state index contributed by atoms with van der Waals surface area (Å²) in [6, 6.07) is 55.8. The van der Waals surface area contributed by atoms with E-state index in [1.165, 1.54) is 26.3 Å². The molecule has 0 amide bonds. The van der Waals surface area contributed by atoms with E-state index in [-0.39, 0.29) is 11.1 Å². The molecule has 0 unspecified atom stereocenters. The summed E-state index contributed by atoms with van der Waals surface area (Å²) in [5, 5.41) is 7.07. The Hall–Kier alpha value is -3.29. The van der Waals surface area contributed by atoms with Crippen molar-refractivity contribution >= 4 is 41.9 Å². The second-order valence-electron chi connectivity index (χ2n) is 12.6. The Bertz CT molecular complexity index is 1380. The molecule has 5 aromatic carbocycles. The molecule has 0 aliphatic carbocycles. The highest BCUT2D eigenvalue weighted by atomic mass is 31.2. The van der Waals surface area contributed by atoms with E-state index in [1.54, 1.807) is 0 Å². The number of hydrogen-bond acceptors (Lipinski definition) is 1. The van der Waals surface area contributed by atoms with Gasteiger partial charge in [-0.15, -0.1) is 0 Å². The maximum atomic E-state index is 7.41. The highest BCUT2D eigenvalue weighted by molar-refractivity contribution is 7.95. The second kappa shape index (κ2) is 14.0. The second-order valence-corrected chi connectivity index (χ2v) is 20.5. The summed E-state index contributed by atoms with van der Waals surface area (Å²) in [6.07, 6.45) is 4.64. The molecule has 5 rings (SSSR count).